The van der Waals surface area contributed by atoms with Crippen molar-refractivity contribution in [1.29, 1.82) is 5.41 Å². The number of benzene rings is 1. The summed E-state index contributed by atoms with van der Waals surface area (Å²) in [5.41, 5.74) is 8.63. The normalized spacial score (nSPS) is 25.1. The molecule has 2 aliphatic rings. The average molecular weight is 366 g/mol. The molecule has 3 unspecified atom stereocenters. The number of nitrogens with two attached hydrogens (primary N) is 1. The molecule has 1 saturated heterocycles. The van der Waals surface area contributed by atoms with E-state index in [4.69, 9.17) is 15.6 Å². The van der Waals surface area contributed by atoms with Gasteiger partial charge in [0.2, 0.25) is 0 Å². The fraction of sp³-hybridized carbons (Fsp3) is 0.429. The first-order chi connectivity index (χ1) is 13.0. The number of amides is 1. The van der Waals surface area contributed by atoms with E-state index in [1.165, 1.54) is 12.8 Å². The monoisotopic (exact) mass is 366 g/mol. The summed E-state index contributed by atoms with van der Waals surface area (Å²) in [6.07, 6.45) is 7.66. The third kappa shape index (κ3) is 3.49. The SMILES string of the molecule is CN1CCCC2CC(NC(=O)C(=N)c3cc(-c4ccoc4)ccc3N)CC21. The molecule has 1 aliphatic heterocycles. The van der Waals surface area contributed by atoms with Gasteiger partial charge in [-0.3, -0.25) is 10.2 Å². The van der Waals surface area contributed by atoms with Gasteiger partial charge in [-0.2, -0.15) is 0 Å². The molecule has 0 spiro atoms. The summed E-state index contributed by atoms with van der Waals surface area (Å²) >= 11 is 0. The van der Waals surface area contributed by atoms with Crippen molar-refractivity contribution in [2.24, 2.45) is 5.92 Å². The summed E-state index contributed by atoms with van der Waals surface area (Å²) in [6.45, 7) is 1.13. The van der Waals surface area contributed by atoms with Gasteiger partial charge in [-0.1, -0.05) is 6.07 Å². The van der Waals surface area contributed by atoms with E-state index in [1.807, 2.05) is 12.1 Å². The number of furan rings is 1. The molecule has 1 amide bonds. The Morgan fingerprint density at radius 3 is 2.89 bits per heavy atom. The molecule has 2 heterocycles. The van der Waals surface area contributed by atoms with Gasteiger partial charge < -0.3 is 20.4 Å². The summed E-state index contributed by atoms with van der Waals surface area (Å²) in [6, 6.07) is 7.91. The van der Waals surface area contributed by atoms with E-state index >= 15 is 0 Å². The van der Waals surface area contributed by atoms with E-state index in [0.717, 1.165) is 30.5 Å². The molecule has 2 fully saturated rings. The van der Waals surface area contributed by atoms with E-state index in [0.29, 0.717) is 23.2 Å². The molecule has 1 saturated carbocycles. The summed E-state index contributed by atoms with van der Waals surface area (Å²) in [5, 5.41) is 11.5. The van der Waals surface area contributed by atoms with Crippen LogP contribution in [0.4, 0.5) is 5.69 Å². The number of hydrogen-bond acceptors (Lipinski definition) is 5. The Hall–Kier alpha value is -2.60. The molecule has 3 atom stereocenters. The van der Waals surface area contributed by atoms with Gasteiger partial charge >= 0.3 is 0 Å². The van der Waals surface area contributed by atoms with Gasteiger partial charge in [0.05, 0.1) is 12.5 Å². The fourth-order valence-corrected chi connectivity index (χ4v) is 4.60. The van der Waals surface area contributed by atoms with Crippen molar-refractivity contribution in [3.8, 4) is 11.1 Å². The molecule has 1 aliphatic carbocycles. The maximum absolute atomic E-state index is 12.7. The number of anilines is 1. The van der Waals surface area contributed by atoms with Crippen molar-refractivity contribution in [2.75, 3.05) is 19.3 Å². The van der Waals surface area contributed by atoms with E-state index in [9.17, 15) is 4.79 Å². The average Bonchev–Trinajstić information content (AvgIpc) is 3.32. The van der Waals surface area contributed by atoms with Crippen LogP contribution in [0.2, 0.25) is 0 Å². The second-order valence-corrected chi connectivity index (χ2v) is 7.78. The standard InChI is InChI=1S/C21H26N4O2/c1-25-7-2-3-14-9-16(11-19(14)25)24-21(26)20(23)17-10-13(4-5-18(17)22)15-6-8-27-12-15/h4-6,8,10,12,14,16,19,23H,2-3,7,9,11,22H2,1H3,(H,24,26). The topological polar surface area (TPSA) is 95.4 Å². The zero-order valence-electron chi connectivity index (χ0n) is 15.6. The number of carbonyl (C=O) groups is 1. The second-order valence-electron chi connectivity index (χ2n) is 7.78. The molecule has 4 N–H and O–H groups in total. The van der Waals surface area contributed by atoms with Crippen molar-refractivity contribution in [1.82, 2.24) is 10.2 Å². The van der Waals surface area contributed by atoms with Gasteiger partial charge in [-0.15, -0.1) is 0 Å². The molecule has 4 rings (SSSR count). The zero-order valence-corrected chi connectivity index (χ0v) is 15.6. The molecule has 0 radical (unpaired) electrons. The zero-order chi connectivity index (χ0) is 19.0. The van der Waals surface area contributed by atoms with Crippen molar-refractivity contribution >= 4 is 17.3 Å². The lowest BCUT2D eigenvalue weighted by molar-refractivity contribution is -0.115. The molecular weight excluding hydrogens is 340 g/mol. The summed E-state index contributed by atoms with van der Waals surface area (Å²) in [7, 11) is 2.17. The van der Waals surface area contributed by atoms with Gasteiger partial charge in [-0.25, -0.2) is 0 Å². The van der Waals surface area contributed by atoms with E-state index in [1.54, 1.807) is 24.7 Å². The van der Waals surface area contributed by atoms with Gasteiger partial charge in [0.25, 0.3) is 5.91 Å². The van der Waals surface area contributed by atoms with Crippen LogP contribution in [0.5, 0.6) is 0 Å². The quantitative estimate of drug-likeness (QED) is 0.573. The molecule has 6 nitrogen and oxygen atoms in total. The number of hydrogen-bond donors (Lipinski definition) is 3. The minimum absolute atomic E-state index is 0.0823. The Bertz CT molecular complexity index is 846. The van der Waals surface area contributed by atoms with Crippen LogP contribution in [-0.2, 0) is 4.79 Å². The van der Waals surface area contributed by atoms with Crippen molar-refractivity contribution in [3.63, 3.8) is 0 Å². The lowest BCUT2D eigenvalue weighted by Crippen LogP contribution is -2.41. The molecule has 142 valence electrons. The van der Waals surface area contributed by atoms with E-state index in [-0.39, 0.29) is 17.7 Å². The Morgan fingerprint density at radius 1 is 1.30 bits per heavy atom. The van der Waals surface area contributed by atoms with Crippen molar-refractivity contribution < 1.29 is 9.21 Å². The lowest BCUT2D eigenvalue weighted by atomic mass is 9.92. The summed E-state index contributed by atoms with van der Waals surface area (Å²) < 4.78 is 5.12. The van der Waals surface area contributed by atoms with Crippen LogP contribution in [-0.4, -0.2) is 42.2 Å². The van der Waals surface area contributed by atoms with E-state index in [2.05, 4.69) is 17.3 Å². The number of piperidine rings is 1. The highest BCUT2D eigenvalue weighted by Gasteiger charge is 2.39. The number of nitrogen functional groups attached to an aromatic ring is 1. The minimum atomic E-state index is -0.350. The van der Waals surface area contributed by atoms with Crippen LogP contribution in [0, 0.1) is 11.3 Å². The number of nitrogens with one attached hydrogen (secondary N) is 2. The highest BCUT2D eigenvalue weighted by molar-refractivity contribution is 6.45. The van der Waals surface area contributed by atoms with E-state index < -0.39 is 0 Å². The summed E-state index contributed by atoms with van der Waals surface area (Å²) in [4.78, 5) is 15.1. The number of carbonyl (C=O) groups excluding carboxylic acids is 1. The smallest absolute Gasteiger partial charge is 0.270 e. The Balaban J connectivity index is 1.47. The first-order valence-electron chi connectivity index (χ1n) is 9.55. The molecule has 1 aromatic carbocycles. The number of fused-ring (bicyclic) bond motifs is 1. The minimum Gasteiger partial charge on any atom is -0.472 e. The highest BCUT2D eigenvalue weighted by atomic mass is 16.3. The highest BCUT2D eigenvalue weighted by Crippen LogP contribution is 2.36. The lowest BCUT2D eigenvalue weighted by Gasteiger charge is -2.34. The van der Waals surface area contributed by atoms with Crippen LogP contribution >= 0.6 is 0 Å². The third-order valence-corrected chi connectivity index (χ3v) is 6.05. The van der Waals surface area contributed by atoms with Crippen LogP contribution in [0.3, 0.4) is 0 Å². The van der Waals surface area contributed by atoms with Gasteiger partial charge in [0.15, 0.2) is 0 Å². The van der Waals surface area contributed by atoms with Crippen LogP contribution in [0.1, 0.15) is 31.2 Å². The first kappa shape index (κ1) is 17.8. The van der Waals surface area contributed by atoms with Crippen molar-refractivity contribution in [2.45, 2.75) is 37.8 Å². The first-order valence-corrected chi connectivity index (χ1v) is 9.55. The van der Waals surface area contributed by atoms with Crippen LogP contribution < -0.4 is 11.1 Å². The van der Waals surface area contributed by atoms with Crippen LogP contribution in [0.25, 0.3) is 11.1 Å². The number of nitrogens with zero attached hydrogens (tertiary/aromatic N) is 1. The Morgan fingerprint density at radius 2 is 2.15 bits per heavy atom. The maximum atomic E-state index is 12.7. The van der Waals surface area contributed by atoms with Gasteiger partial charge in [0, 0.05) is 28.9 Å². The predicted molar refractivity (Wildman–Crippen MR) is 106 cm³/mol. The van der Waals surface area contributed by atoms with Crippen molar-refractivity contribution in [3.05, 3.63) is 42.4 Å². The Kier molecular flexibility index (Phi) is 4.74. The van der Waals surface area contributed by atoms with Crippen LogP contribution in [0.15, 0.2) is 41.2 Å². The molecule has 0 bridgehead atoms. The van der Waals surface area contributed by atoms with Gasteiger partial charge in [-0.05, 0) is 69.0 Å². The molecule has 27 heavy (non-hydrogen) atoms. The molecular formula is C21H26N4O2. The molecule has 1 aromatic heterocycles. The summed E-state index contributed by atoms with van der Waals surface area (Å²) in [5.74, 6) is 0.301. The molecule has 6 heteroatoms. The number of rotatable bonds is 4. The maximum Gasteiger partial charge on any atom is 0.270 e. The van der Waals surface area contributed by atoms with Gasteiger partial charge in [0.1, 0.15) is 5.71 Å². The Labute approximate surface area is 159 Å². The third-order valence-electron chi connectivity index (χ3n) is 6.05. The largest absolute Gasteiger partial charge is 0.472 e. The predicted octanol–water partition coefficient (Wildman–Crippen LogP) is 2.89. The number of likely N-dealkylation sites (tertiary alicyclic amines) is 1. The molecule has 2 aromatic rings. The fourth-order valence-electron chi connectivity index (χ4n) is 4.60. The second kappa shape index (κ2) is 7.19.